The van der Waals surface area contributed by atoms with E-state index in [0.29, 0.717) is 32.3 Å². The van der Waals surface area contributed by atoms with Crippen molar-refractivity contribution in [3.8, 4) is 16.6 Å². The molecule has 3 rings (SSSR count). The Bertz CT molecular complexity index is 1100. The fourth-order valence-corrected chi connectivity index (χ4v) is 3.96. The van der Waals surface area contributed by atoms with Crippen molar-refractivity contribution in [2.75, 3.05) is 6.61 Å². The van der Waals surface area contributed by atoms with Crippen LogP contribution in [0.15, 0.2) is 42.6 Å². The van der Waals surface area contributed by atoms with Crippen molar-refractivity contribution < 1.29 is 26.7 Å². The van der Waals surface area contributed by atoms with Crippen molar-refractivity contribution in [2.45, 2.75) is 38.5 Å². The molecule has 32 heavy (non-hydrogen) atoms. The summed E-state index contributed by atoms with van der Waals surface area (Å²) in [5, 5.41) is 9.40. The van der Waals surface area contributed by atoms with Crippen LogP contribution in [-0.2, 0) is 10.9 Å². The molecule has 168 valence electrons. The maximum Gasteiger partial charge on any atom is 0.433 e. The molecule has 0 saturated carbocycles. The van der Waals surface area contributed by atoms with Gasteiger partial charge in [-0.05, 0) is 36.8 Å². The molecule has 0 bridgehead atoms. The molecule has 1 unspecified atom stereocenters. The molecule has 0 N–H and O–H groups in total. The molecule has 0 amide bonds. The number of benzene rings is 1. The van der Waals surface area contributed by atoms with Gasteiger partial charge in [0.2, 0.25) is 0 Å². The van der Waals surface area contributed by atoms with Crippen molar-refractivity contribution in [3.05, 3.63) is 70.0 Å². The molecule has 0 radical (unpaired) electrons. The number of pyridine rings is 1. The first-order valence-electron chi connectivity index (χ1n) is 9.54. The summed E-state index contributed by atoms with van der Waals surface area (Å²) in [6, 6.07) is 10.5. The highest BCUT2D eigenvalue weighted by molar-refractivity contribution is 7.15. The first kappa shape index (κ1) is 23.8. The molecule has 0 aliphatic heterocycles. The number of nitrogens with zero attached hydrogens (tertiary/aromatic N) is 3. The summed E-state index contributed by atoms with van der Waals surface area (Å²) in [6.45, 7) is 2.21. The van der Waals surface area contributed by atoms with Gasteiger partial charge in [0.15, 0.2) is 0 Å². The van der Waals surface area contributed by atoms with E-state index in [9.17, 15) is 22.0 Å². The summed E-state index contributed by atoms with van der Waals surface area (Å²) in [4.78, 5) is 8.38. The molecule has 0 saturated heterocycles. The average molecular weight is 467 g/mol. The lowest BCUT2D eigenvalue weighted by Gasteiger charge is -2.21. The van der Waals surface area contributed by atoms with Gasteiger partial charge in [-0.2, -0.15) is 18.4 Å². The van der Waals surface area contributed by atoms with E-state index >= 15 is 0 Å². The van der Waals surface area contributed by atoms with E-state index in [4.69, 9.17) is 10.00 Å². The Balaban J connectivity index is 1.97. The fourth-order valence-electron chi connectivity index (χ4n) is 2.83. The number of thiazole rings is 1. The highest BCUT2D eigenvalue weighted by Crippen LogP contribution is 2.38. The zero-order valence-corrected chi connectivity index (χ0v) is 17.9. The lowest BCUT2D eigenvalue weighted by molar-refractivity contribution is -0.141. The van der Waals surface area contributed by atoms with Crippen LogP contribution in [0.5, 0.6) is 0 Å². The molecule has 0 spiro atoms. The van der Waals surface area contributed by atoms with E-state index in [-0.39, 0.29) is 0 Å². The third kappa shape index (κ3) is 5.47. The predicted octanol–water partition coefficient (Wildman–Crippen LogP) is 6.56. The van der Waals surface area contributed by atoms with Gasteiger partial charge in [0, 0.05) is 18.2 Å². The smallest absolute Gasteiger partial charge is 0.362 e. The number of hydrogen-bond acceptors (Lipinski definition) is 5. The fraction of sp³-hybridized carbons (Fsp3) is 0.318. The van der Waals surface area contributed by atoms with Gasteiger partial charge in [-0.15, -0.1) is 11.3 Å². The summed E-state index contributed by atoms with van der Waals surface area (Å²) in [5.74, 6) is -3.02. The van der Waals surface area contributed by atoms with E-state index in [2.05, 4.69) is 9.97 Å². The molecule has 3 aromatic rings. The molecule has 1 atom stereocenters. The monoisotopic (exact) mass is 467 g/mol. The zero-order chi connectivity index (χ0) is 23.5. The van der Waals surface area contributed by atoms with Crippen LogP contribution in [0.25, 0.3) is 10.6 Å². The van der Waals surface area contributed by atoms with Gasteiger partial charge in [0.25, 0.3) is 5.92 Å². The van der Waals surface area contributed by atoms with Crippen LogP contribution in [0.4, 0.5) is 22.0 Å². The maximum atomic E-state index is 13.9. The molecular weight excluding hydrogens is 449 g/mol. The largest absolute Gasteiger partial charge is 0.433 e. The highest BCUT2D eigenvalue weighted by atomic mass is 32.1. The van der Waals surface area contributed by atoms with Crippen LogP contribution >= 0.6 is 11.3 Å². The van der Waals surface area contributed by atoms with Crippen LogP contribution in [0.1, 0.15) is 46.8 Å². The number of ether oxygens (including phenoxy) is 1. The van der Waals surface area contributed by atoms with Gasteiger partial charge in [-0.25, -0.2) is 13.8 Å². The second kappa shape index (κ2) is 9.30. The Morgan fingerprint density at radius 2 is 1.78 bits per heavy atom. The minimum Gasteiger partial charge on any atom is -0.362 e. The molecule has 0 aliphatic carbocycles. The summed E-state index contributed by atoms with van der Waals surface area (Å²) in [7, 11) is 0. The standard InChI is InChI=1S/C22H18F5N3OS/c1-3-21(23,24)12-31-18(15-6-4-14(10-28)5-7-15)19-13(2)30-20(32-19)16-8-9-17(29-11-16)22(25,26)27/h4-9,11,18H,3,12H2,1-2H3. The SMILES string of the molecule is CCC(F)(F)COC(c1ccc(C#N)cc1)c1sc(-c2ccc(C(F)(F)F)nc2)nc1C. The van der Waals surface area contributed by atoms with E-state index in [1.807, 2.05) is 6.07 Å². The third-order valence-electron chi connectivity index (χ3n) is 4.69. The number of rotatable bonds is 7. The number of nitriles is 1. The lowest BCUT2D eigenvalue weighted by Crippen LogP contribution is -2.24. The van der Waals surface area contributed by atoms with Gasteiger partial charge >= 0.3 is 6.18 Å². The molecule has 1 aromatic carbocycles. The molecule has 4 nitrogen and oxygen atoms in total. The summed E-state index contributed by atoms with van der Waals surface area (Å²) < 4.78 is 71.7. The Labute approximate surface area is 185 Å². The Kier molecular flexibility index (Phi) is 6.91. The van der Waals surface area contributed by atoms with Crippen LogP contribution in [0, 0.1) is 18.3 Å². The van der Waals surface area contributed by atoms with E-state index in [1.54, 1.807) is 31.2 Å². The summed E-state index contributed by atoms with van der Waals surface area (Å²) in [5.41, 5.74) is 0.813. The van der Waals surface area contributed by atoms with Crippen molar-refractivity contribution in [3.63, 3.8) is 0 Å². The second-order valence-corrected chi connectivity index (χ2v) is 8.06. The minimum atomic E-state index is -4.55. The molecule has 2 aromatic heterocycles. The van der Waals surface area contributed by atoms with E-state index < -0.39 is 36.9 Å². The second-order valence-electron chi connectivity index (χ2n) is 7.03. The van der Waals surface area contributed by atoms with Crippen molar-refractivity contribution in [1.29, 1.82) is 5.26 Å². The van der Waals surface area contributed by atoms with Crippen molar-refractivity contribution in [2.24, 2.45) is 0 Å². The molecular formula is C22H18F5N3OS. The van der Waals surface area contributed by atoms with Crippen LogP contribution in [-0.4, -0.2) is 22.5 Å². The normalized spacial score (nSPS) is 13.1. The van der Waals surface area contributed by atoms with Gasteiger partial charge in [-0.1, -0.05) is 19.1 Å². The molecule has 2 heterocycles. The van der Waals surface area contributed by atoms with Gasteiger partial charge < -0.3 is 4.74 Å². The lowest BCUT2D eigenvalue weighted by atomic mass is 10.0. The highest BCUT2D eigenvalue weighted by Gasteiger charge is 2.33. The predicted molar refractivity (Wildman–Crippen MR) is 109 cm³/mol. The Hall–Kier alpha value is -2.90. The van der Waals surface area contributed by atoms with Gasteiger partial charge in [0.05, 0.1) is 22.2 Å². The number of hydrogen-bond donors (Lipinski definition) is 0. The molecule has 0 fully saturated rings. The first-order chi connectivity index (χ1) is 15.0. The summed E-state index contributed by atoms with van der Waals surface area (Å²) in [6.07, 6.45) is -4.75. The molecule has 0 aliphatic rings. The van der Waals surface area contributed by atoms with E-state index in [0.717, 1.165) is 23.6 Å². The van der Waals surface area contributed by atoms with Crippen LogP contribution in [0.3, 0.4) is 0 Å². The van der Waals surface area contributed by atoms with Crippen molar-refractivity contribution >= 4 is 11.3 Å². The van der Waals surface area contributed by atoms with Crippen LogP contribution < -0.4 is 0 Å². The minimum absolute atomic E-state index is 0.370. The number of aryl methyl sites for hydroxylation is 1. The third-order valence-corrected chi connectivity index (χ3v) is 5.94. The molecule has 10 heteroatoms. The summed E-state index contributed by atoms with van der Waals surface area (Å²) >= 11 is 1.13. The number of alkyl halides is 5. The van der Waals surface area contributed by atoms with Gasteiger partial charge in [-0.3, -0.25) is 4.98 Å². The van der Waals surface area contributed by atoms with Gasteiger partial charge in [0.1, 0.15) is 23.4 Å². The van der Waals surface area contributed by atoms with Crippen molar-refractivity contribution in [1.82, 2.24) is 9.97 Å². The Morgan fingerprint density at radius 3 is 2.31 bits per heavy atom. The Morgan fingerprint density at radius 1 is 1.09 bits per heavy atom. The zero-order valence-electron chi connectivity index (χ0n) is 17.1. The number of halogens is 5. The van der Waals surface area contributed by atoms with Crippen LogP contribution in [0.2, 0.25) is 0 Å². The quantitative estimate of drug-likeness (QED) is 0.370. The topological polar surface area (TPSA) is 58.8 Å². The first-order valence-corrected chi connectivity index (χ1v) is 10.4. The average Bonchev–Trinajstić information content (AvgIpc) is 3.15. The van der Waals surface area contributed by atoms with E-state index in [1.165, 1.54) is 13.0 Å². The maximum absolute atomic E-state index is 13.9. The number of aromatic nitrogens is 2.